The highest BCUT2D eigenvalue weighted by atomic mass is 79.9. The summed E-state index contributed by atoms with van der Waals surface area (Å²) in [4.78, 5) is 25.0. The summed E-state index contributed by atoms with van der Waals surface area (Å²) in [6.45, 7) is 2.55. The Balaban J connectivity index is 1.95. The first-order chi connectivity index (χ1) is 9.97. The summed E-state index contributed by atoms with van der Waals surface area (Å²) in [5, 5.41) is 9.06. The third-order valence-electron chi connectivity index (χ3n) is 3.56. The van der Waals surface area contributed by atoms with Gasteiger partial charge < -0.3 is 14.7 Å². The second-order valence-corrected chi connectivity index (χ2v) is 6.09. The number of carboxylic acids is 1. The van der Waals surface area contributed by atoms with Crippen LogP contribution in [0.3, 0.4) is 0 Å². The largest absolute Gasteiger partial charge is 0.481 e. The van der Waals surface area contributed by atoms with Gasteiger partial charge in [0.15, 0.2) is 6.10 Å². The van der Waals surface area contributed by atoms with Gasteiger partial charge in [0.1, 0.15) is 5.75 Å². The first-order valence-corrected chi connectivity index (χ1v) is 7.70. The lowest BCUT2D eigenvalue weighted by atomic mass is 9.98. The molecule has 2 rings (SSSR count). The van der Waals surface area contributed by atoms with Crippen LogP contribution in [0.15, 0.2) is 28.7 Å². The van der Waals surface area contributed by atoms with Crippen molar-refractivity contribution in [1.82, 2.24) is 4.90 Å². The molecular formula is C15H18BrNO4. The molecule has 2 unspecified atom stereocenters. The summed E-state index contributed by atoms with van der Waals surface area (Å²) in [5.74, 6) is -0.855. The third-order valence-corrected chi connectivity index (χ3v) is 4.09. The maximum atomic E-state index is 12.3. The second-order valence-electron chi connectivity index (χ2n) is 5.18. The van der Waals surface area contributed by atoms with Crippen molar-refractivity contribution in [2.45, 2.75) is 25.9 Å². The van der Waals surface area contributed by atoms with Crippen LogP contribution in [0.5, 0.6) is 5.75 Å². The second kappa shape index (κ2) is 6.93. The average Bonchev–Trinajstić information content (AvgIpc) is 2.49. The first kappa shape index (κ1) is 15.8. The van der Waals surface area contributed by atoms with Gasteiger partial charge in [-0.15, -0.1) is 0 Å². The topological polar surface area (TPSA) is 66.8 Å². The van der Waals surface area contributed by atoms with E-state index in [1.165, 1.54) is 0 Å². The van der Waals surface area contributed by atoms with E-state index in [0.717, 1.165) is 4.47 Å². The molecule has 0 saturated carbocycles. The fourth-order valence-electron chi connectivity index (χ4n) is 2.40. The number of hydrogen-bond donors (Lipinski definition) is 1. The van der Waals surface area contributed by atoms with Crippen LogP contribution in [0.2, 0.25) is 0 Å². The van der Waals surface area contributed by atoms with Crippen molar-refractivity contribution in [3.63, 3.8) is 0 Å². The Hall–Kier alpha value is -1.56. The van der Waals surface area contributed by atoms with Crippen molar-refractivity contribution in [2.75, 3.05) is 13.1 Å². The Morgan fingerprint density at radius 1 is 1.38 bits per heavy atom. The van der Waals surface area contributed by atoms with E-state index in [1.54, 1.807) is 24.0 Å². The lowest BCUT2D eigenvalue weighted by Crippen LogP contribution is -2.47. The summed E-state index contributed by atoms with van der Waals surface area (Å²) < 4.78 is 6.56. The van der Waals surface area contributed by atoms with Gasteiger partial charge in [-0.05, 0) is 44.0 Å². The smallest absolute Gasteiger partial charge is 0.308 e. The van der Waals surface area contributed by atoms with Crippen molar-refractivity contribution < 1.29 is 19.4 Å². The number of likely N-dealkylation sites (tertiary alicyclic amines) is 1. The lowest BCUT2D eigenvalue weighted by Gasteiger charge is -2.32. The normalized spacial score (nSPS) is 19.9. The van der Waals surface area contributed by atoms with E-state index in [0.29, 0.717) is 25.1 Å². The van der Waals surface area contributed by atoms with Crippen LogP contribution in [-0.2, 0) is 9.59 Å². The Bertz CT molecular complexity index is 517. The first-order valence-electron chi connectivity index (χ1n) is 6.91. The van der Waals surface area contributed by atoms with Crippen LogP contribution < -0.4 is 4.74 Å². The molecule has 0 bridgehead atoms. The average molecular weight is 356 g/mol. The quantitative estimate of drug-likeness (QED) is 0.900. The summed E-state index contributed by atoms with van der Waals surface area (Å²) in [5.41, 5.74) is 0. The van der Waals surface area contributed by atoms with Gasteiger partial charge >= 0.3 is 5.97 Å². The molecule has 1 aromatic carbocycles. The van der Waals surface area contributed by atoms with Gasteiger partial charge in [0.05, 0.1) is 5.92 Å². The zero-order valence-electron chi connectivity index (χ0n) is 11.8. The van der Waals surface area contributed by atoms with Crippen molar-refractivity contribution in [3.8, 4) is 5.75 Å². The maximum absolute atomic E-state index is 12.3. The molecule has 1 amide bonds. The molecule has 21 heavy (non-hydrogen) atoms. The zero-order chi connectivity index (χ0) is 15.4. The van der Waals surface area contributed by atoms with Gasteiger partial charge in [0.2, 0.25) is 0 Å². The SMILES string of the molecule is CC(Oc1ccc(Br)cc1)C(=O)N1CCCC(C(=O)O)C1. The lowest BCUT2D eigenvalue weighted by molar-refractivity contribution is -0.147. The molecule has 1 aromatic rings. The molecule has 2 atom stereocenters. The van der Waals surface area contributed by atoms with Crippen LogP contribution in [0.1, 0.15) is 19.8 Å². The molecule has 1 heterocycles. The van der Waals surface area contributed by atoms with E-state index in [4.69, 9.17) is 9.84 Å². The monoisotopic (exact) mass is 355 g/mol. The van der Waals surface area contributed by atoms with Crippen LogP contribution >= 0.6 is 15.9 Å². The number of nitrogens with zero attached hydrogens (tertiary/aromatic N) is 1. The molecule has 1 aliphatic heterocycles. The van der Waals surface area contributed by atoms with Gasteiger partial charge in [0, 0.05) is 17.6 Å². The van der Waals surface area contributed by atoms with Crippen molar-refractivity contribution in [1.29, 1.82) is 0 Å². The molecule has 0 radical (unpaired) electrons. The van der Waals surface area contributed by atoms with Crippen molar-refractivity contribution in [2.24, 2.45) is 5.92 Å². The number of ether oxygens (including phenoxy) is 1. The number of carboxylic acid groups (broad SMARTS) is 1. The maximum Gasteiger partial charge on any atom is 0.308 e. The van der Waals surface area contributed by atoms with E-state index in [2.05, 4.69) is 15.9 Å². The number of carbonyl (C=O) groups is 2. The number of carbonyl (C=O) groups excluding carboxylic acids is 1. The van der Waals surface area contributed by atoms with Gasteiger partial charge in [-0.1, -0.05) is 15.9 Å². The number of piperidine rings is 1. The Labute approximate surface area is 132 Å². The van der Waals surface area contributed by atoms with Crippen LogP contribution in [0.25, 0.3) is 0 Å². The van der Waals surface area contributed by atoms with Gasteiger partial charge in [-0.2, -0.15) is 0 Å². The molecule has 114 valence electrons. The highest BCUT2D eigenvalue weighted by molar-refractivity contribution is 9.10. The minimum Gasteiger partial charge on any atom is -0.481 e. The van der Waals surface area contributed by atoms with E-state index >= 15 is 0 Å². The number of benzene rings is 1. The highest BCUT2D eigenvalue weighted by Crippen LogP contribution is 2.20. The Kier molecular flexibility index (Phi) is 5.22. The molecule has 0 aliphatic carbocycles. The molecule has 1 fully saturated rings. The molecular weight excluding hydrogens is 338 g/mol. The minimum absolute atomic E-state index is 0.163. The fourth-order valence-corrected chi connectivity index (χ4v) is 2.67. The van der Waals surface area contributed by atoms with Crippen molar-refractivity contribution in [3.05, 3.63) is 28.7 Å². The van der Waals surface area contributed by atoms with Crippen molar-refractivity contribution >= 4 is 27.8 Å². The van der Waals surface area contributed by atoms with Crippen LogP contribution in [0.4, 0.5) is 0 Å². The zero-order valence-corrected chi connectivity index (χ0v) is 13.4. The van der Waals surface area contributed by atoms with Crippen LogP contribution in [0, 0.1) is 5.92 Å². The number of halogens is 1. The molecule has 0 aromatic heterocycles. The highest BCUT2D eigenvalue weighted by Gasteiger charge is 2.30. The minimum atomic E-state index is -0.839. The molecule has 0 spiro atoms. The Morgan fingerprint density at radius 2 is 2.05 bits per heavy atom. The number of hydrogen-bond acceptors (Lipinski definition) is 3. The van der Waals surface area contributed by atoms with E-state index < -0.39 is 18.0 Å². The molecule has 5 nitrogen and oxygen atoms in total. The van der Waals surface area contributed by atoms with Crippen LogP contribution in [-0.4, -0.2) is 41.1 Å². The Morgan fingerprint density at radius 3 is 2.67 bits per heavy atom. The van der Waals surface area contributed by atoms with Gasteiger partial charge in [0.25, 0.3) is 5.91 Å². The predicted octanol–water partition coefficient (Wildman–Crippen LogP) is 2.54. The molecule has 1 N–H and O–H groups in total. The standard InChI is InChI=1S/C15H18BrNO4/c1-10(21-13-6-4-12(16)5-7-13)14(18)17-8-2-3-11(9-17)15(19)20/h4-7,10-11H,2-3,8-9H2,1H3,(H,19,20). The summed E-state index contributed by atoms with van der Waals surface area (Å²) >= 11 is 3.34. The number of amides is 1. The molecule has 1 saturated heterocycles. The summed E-state index contributed by atoms with van der Waals surface area (Å²) in [6, 6.07) is 7.25. The number of aliphatic carboxylic acids is 1. The van der Waals surface area contributed by atoms with Gasteiger partial charge in [-0.3, -0.25) is 9.59 Å². The van der Waals surface area contributed by atoms with E-state index in [9.17, 15) is 9.59 Å². The molecule has 6 heteroatoms. The molecule has 1 aliphatic rings. The fraction of sp³-hybridized carbons (Fsp3) is 0.467. The number of rotatable bonds is 4. The van der Waals surface area contributed by atoms with Gasteiger partial charge in [-0.25, -0.2) is 0 Å². The summed E-state index contributed by atoms with van der Waals surface area (Å²) in [6.07, 6.45) is 0.716. The predicted molar refractivity (Wildman–Crippen MR) is 81.2 cm³/mol. The van der Waals surface area contributed by atoms with E-state index in [1.807, 2.05) is 12.1 Å². The van der Waals surface area contributed by atoms with E-state index in [-0.39, 0.29) is 12.5 Å². The summed E-state index contributed by atoms with van der Waals surface area (Å²) in [7, 11) is 0. The third kappa shape index (κ3) is 4.20.